The van der Waals surface area contributed by atoms with E-state index in [0.29, 0.717) is 38.5 Å². The van der Waals surface area contributed by atoms with Crippen LogP contribution in [0, 0.1) is 6.92 Å². The molecular weight excluding hydrogens is 508 g/mol. The number of fused-ring (bicyclic) bond motifs is 3. The van der Waals surface area contributed by atoms with Crippen LogP contribution in [0.25, 0.3) is 16.9 Å². The SMILES string of the molecule is CCCCCSc1n[n+]2c(c(=O)[nH]1)-c1ccccc1N(C(C)=O)[C@H]2c1c(C)nn(-c2ccccc2)c1Cl. The Morgan fingerprint density at radius 3 is 2.59 bits per heavy atom. The molecule has 8 nitrogen and oxygen atoms in total. The van der Waals surface area contributed by atoms with Crippen LogP contribution in [0.5, 0.6) is 0 Å². The standard InChI is InChI=1S/C27H27ClN6O2S/c1-4-5-11-16-37-27-29-25(36)23-20-14-9-10-15-21(20)32(18(3)35)26(34(23)31-27)22-17(2)30-33(24(22)28)19-12-7-6-8-13-19/h6-10,12-15,26H,4-5,11,16H2,1-3H3/p+1/t26-/m1/s1. The van der Waals surface area contributed by atoms with E-state index in [1.807, 2.05) is 61.5 Å². The fraction of sp³-hybridized carbons (Fsp3) is 0.296. The van der Waals surface area contributed by atoms with Crippen LogP contribution in [0.4, 0.5) is 5.69 Å². The van der Waals surface area contributed by atoms with E-state index in [1.165, 1.54) is 18.7 Å². The highest BCUT2D eigenvalue weighted by Gasteiger charge is 2.47. The molecular formula is C27H28ClN6O2S+. The van der Waals surface area contributed by atoms with E-state index in [0.717, 1.165) is 30.7 Å². The number of thioether (sulfide) groups is 1. The second kappa shape index (κ2) is 10.5. The molecule has 0 radical (unpaired) electrons. The maximum atomic E-state index is 13.5. The van der Waals surface area contributed by atoms with Gasteiger partial charge in [-0.2, -0.15) is 5.10 Å². The first-order chi connectivity index (χ1) is 17.9. The number of carbonyl (C=O) groups is 1. The molecule has 1 N–H and O–H groups in total. The molecule has 10 heteroatoms. The predicted molar refractivity (Wildman–Crippen MR) is 145 cm³/mol. The molecule has 0 fully saturated rings. The number of amides is 1. The van der Waals surface area contributed by atoms with E-state index in [4.69, 9.17) is 21.8 Å². The molecule has 0 aliphatic carbocycles. The number of aromatic nitrogens is 5. The van der Waals surface area contributed by atoms with Gasteiger partial charge >= 0.3 is 11.3 Å². The number of para-hydroxylation sites is 2. The summed E-state index contributed by atoms with van der Waals surface area (Å²) in [5.41, 5.74) is 3.41. The zero-order chi connectivity index (χ0) is 26.1. The number of aryl methyl sites for hydroxylation is 1. The second-order valence-corrected chi connectivity index (χ2v) is 10.4. The van der Waals surface area contributed by atoms with Crippen LogP contribution in [0.15, 0.2) is 64.5 Å². The molecule has 0 unspecified atom stereocenters. The van der Waals surface area contributed by atoms with Crippen molar-refractivity contribution in [3.05, 3.63) is 81.4 Å². The third kappa shape index (κ3) is 4.57. The molecule has 1 amide bonds. The molecule has 0 bridgehead atoms. The third-order valence-electron chi connectivity index (χ3n) is 6.39. The number of nitrogens with zero attached hydrogens (tertiary/aromatic N) is 5. The van der Waals surface area contributed by atoms with Gasteiger partial charge in [0.25, 0.3) is 6.17 Å². The average molecular weight is 536 g/mol. The van der Waals surface area contributed by atoms with E-state index < -0.39 is 6.17 Å². The molecule has 0 saturated carbocycles. The van der Waals surface area contributed by atoms with Gasteiger partial charge in [-0.3, -0.25) is 14.6 Å². The molecule has 1 aliphatic heterocycles. The Bertz CT molecular complexity index is 1520. The Morgan fingerprint density at radius 1 is 1.14 bits per heavy atom. The van der Waals surface area contributed by atoms with Crippen LogP contribution in [-0.4, -0.2) is 31.5 Å². The number of aromatic amines is 1. The molecule has 1 aliphatic rings. The second-order valence-electron chi connectivity index (χ2n) is 8.93. The molecule has 0 spiro atoms. The van der Waals surface area contributed by atoms with Gasteiger partial charge in [0, 0.05) is 17.8 Å². The van der Waals surface area contributed by atoms with Crippen molar-refractivity contribution < 1.29 is 9.48 Å². The lowest BCUT2D eigenvalue weighted by Crippen LogP contribution is -2.60. The van der Waals surface area contributed by atoms with Crippen LogP contribution in [0.1, 0.15) is 50.5 Å². The van der Waals surface area contributed by atoms with E-state index in [9.17, 15) is 9.59 Å². The molecule has 2 aromatic carbocycles. The van der Waals surface area contributed by atoms with E-state index >= 15 is 0 Å². The maximum Gasteiger partial charge on any atom is 0.325 e. The molecule has 3 heterocycles. The summed E-state index contributed by atoms with van der Waals surface area (Å²) in [6.45, 7) is 5.51. The zero-order valence-corrected chi connectivity index (χ0v) is 22.5. The number of rotatable bonds is 7. The first-order valence-electron chi connectivity index (χ1n) is 12.3. The van der Waals surface area contributed by atoms with Gasteiger partial charge in [-0.15, -0.1) is 0 Å². The minimum Gasteiger partial charge on any atom is -0.291 e. The molecule has 4 aromatic rings. The Hall–Kier alpha value is -3.43. The quantitative estimate of drug-likeness (QED) is 0.203. The summed E-state index contributed by atoms with van der Waals surface area (Å²) in [4.78, 5) is 31.3. The summed E-state index contributed by atoms with van der Waals surface area (Å²) in [6, 6.07) is 16.9. The van der Waals surface area contributed by atoms with Gasteiger partial charge in [0.2, 0.25) is 11.1 Å². The van der Waals surface area contributed by atoms with Gasteiger partial charge in [-0.25, -0.2) is 9.58 Å². The van der Waals surface area contributed by atoms with Crippen molar-refractivity contribution in [1.29, 1.82) is 0 Å². The van der Waals surface area contributed by atoms with Gasteiger partial charge in [0.1, 0.15) is 10.7 Å². The predicted octanol–water partition coefficient (Wildman–Crippen LogP) is 5.07. The first-order valence-corrected chi connectivity index (χ1v) is 13.7. The highest BCUT2D eigenvalue weighted by Crippen LogP contribution is 2.40. The topological polar surface area (TPSA) is 87.8 Å². The number of carbonyl (C=O) groups excluding carboxylic acids is 1. The smallest absolute Gasteiger partial charge is 0.291 e. The number of halogens is 1. The van der Waals surface area contributed by atoms with Gasteiger partial charge in [-0.05, 0) is 42.3 Å². The maximum absolute atomic E-state index is 13.5. The number of anilines is 1. The van der Waals surface area contributed by atoms with E-state index in [-0.39, 0.29) is 11.5 Å². The summed E-state index contributed by atoms with van der Waals surface area (Å²) < 4.78 is 3.29. The van der Waals surface area contributed by atoms with E-state index in [2.05, 4.69) is 11.9 Å². The average Bonchev–Trinajstić information content (AvgIpc) is 3.19. The van der Waals surface area contributed by atoms with Crippen molar-refractivity contribution in [2.75, 3.05) is 10.7 Å². The van der Waals surface area contributed by atoms with Crippen molar-refractivity contribution in [2.24, 2.45) is 0 Å². The Balaban J connectivity index is 1.74. The number of benzene rings is 2. The van der Waals surface area contributed by atoms with Gasteiger partial charge in [-0.1, -0.05) is 73.5 Å². The van der Waals surface area contributed by atoms with Gasteiger partial charge in [0.15, 0.2) is 0 Å². The number of hydrogen-bond acceptors (Lipinski definition) is 5. The fourth-order valence-electron chi connectivity index (χ4n) is 4.70. The van der Waals surface area contributed by atoms with Crippen molar-refractivity contribution >= 4 is 35.0 Å². The lowest BCUT2D eigenvalue weighted by molar-refractivity contribution is -0.763. The lowest BCUT2D eigenvalue weighted by Gasteiger charge is -2.31. The highest BCUT2D eigenvalue weighted by atomic mass is 35.5. The van der Waals surface area contributed by atoms with E-state index in [1.54, 1.807) is 14.3 Å². The first kappa shape index (κ1) is 25.2. The fourth-order valence-corrected chi connectivity index (χ4v) is 5.93. The van der Waals surface area contributed by atoms with Crippen molar-refractivity contribution in [3.63, 3.8) is 0 Å². The molecule has 2 aromatic heterocycles. The minimum absolute atomic E-state index is 0.197. The van der Waals surface area contributed by atoms with Crippen molar-refractivity contribution in [2.45, 2.75) is 51.4 Å². The molecule has 190 valence electrons. The molecule has 0 saturated heterocycles. The van der Waals surface area contributed by atoms with Crippen LogP contribution < -0.4 is 15.1 Å². The van der Waals surface area contributed by atoms with Crippen molar-refractivity contribution in [3.8, 4) is 16.9 Å². The molecule has 1 atom stereocenters. The number of H-pyrrole nitrogens is 1. The monoisotopic (exact) mass is 535 g/mol. The molecule has 37 heavy (non-hydrogen) atoms. The van der Waals surface area contributed by atoms with Crippen LogP contribution in [0.3, 0.4) is 0 Å². The third-order valence-corrected chi connectivity index (χ3v) is 7.70. The number of nitrogens with one attached hydrogen (secondary N) is 1. The van der Waals surface area contributed by atoms with Gasteiger partial charge in [0.05, 0.1) is 22.6 Å². The lowest BCUT2D eigenvalue weighted by atomic mass is 10.0. The minimum atomic E-state index is -0.787. The summed E-state index contributed by atoms with van der Waals surface area (Å²) in [5, 5.41) is 10.4. The zero-order valence-electron chi connectivity index (χ0n) is 20.9. The van der Waals surface area contributed by atoms with Crippen molar-refractivity contribution in [1.82, 2.24) is 19.9 Å². The number of hydrogen-bond donors (Lipinski definition) is 1. The normalized spacial score (nSPS) is 14.4. The Kier molecular flexibility index (Phi) is 7.17. The highest BCUT2D eigenvalue weighted by molar-refractivity contribution is 7.99. The van der Waals surface area contributed by atoms with Gasteiger partial charge < -0.3 is 0 Å². The van der Waals surface area contributed by atoms with Crippen LogP contribution in [-0.2, 0) is 4.79 Å². The number of unbranched alkanes of at least 4 members (excludes halogenated alkanes) is 2. The summed E-state index contributed by atoms with van der Waals surface area (Å²) in [7, 11) is 0. The summed E-state index contributed by atoms with van der Waals surface area (Å²) >= 11 is 8.49. The summed E-state index contributed by atoms with van der Waals surface area (Å²) in [6.07, 6.45) is 2.45. The summed E-state index contributed by atoms with van der Waals surface area (Å²) in [5.74, 6) is 0.636. The Labute approximate surface area is 224 Å². The van der Waals surface area contributed by atoms with Crippen LogP contribution in [0.2, 0.25) is 5.15 Å². The molecule has 5 rings (SSSR count). The Morgan fingerprint density at radius 2 is 1.86 bits per heavy atom. The van der Waals surface area contributed by atoms with Crippen LogP contribution >= 0.6 is 23.4 Å². The largest absolute Gasteiger partial charge is 0.325 e.